The molecule has 1 saturated heterocycles. The van der Waals surface area contributed by atoms with Gasteiger partial charge in [0, 0.05) is 12.8 Å². The van der Waals surface area contributed by atoms with Gasteiger partial charge in [0.15, 0.2) is 5.79 Å². The first-order valence-electron chi connectivity index (χ1n) is 7.64. The normalized spacial score (nSPS) is 24.4. The first-order chi connectivity index (χ1) is 9.53. The zero-order chi connectivity index (χ0) is 14.2. The Labute approximate surface area is 120 Å². The number of rotatable bonds is 2. The van der Waals surface area contributed by atoms with Crippen molar-refractivity contribution >= 4 is 0 Å². The van der Waals surface area contributed by atoms with Crippen LogP contribution in [0.3, 0.4) is 0 Å². The molecular weight excluding hydrogens is 252 g/mol. The lowest BCUT2D eigenvalue weighted by Gasteiger charge is -2.41. The SMILES string of the molecule is CC(C)c1cccc(C2(O)CCC3(CC2)OCCO3)c1. The van der Waals surface area contributed by atoms with Crippen LogP contribution in [0.5, 0.6) is 0 Å². The summed E-state index contributed by atoms with van der Waals surface area (Å²) in [5.74, 6) is 0.0667. The molecule has 20 heavy (non-hydrogen) atoms. The highest BCUT2D eigenvalue weighted by Gasteiger charge is 2.46. The van der Waals surface area contributed by atoms with Crippen LogP contribution in [0.15, 0.2) is 24.3 Å². The van der Waals surface area contributed by atoms with Crippen LogP contribution in [0.1, 0.15) is 56.6 Å². The maximum atomic E-state index is 11.0. The summed E-state index contributed by atoms with van der Waals surface area (Å²) in [5, 5.41) is 11.0. The van der Waals surface area contributed by atoms with Crippen LogP contribution in [-0.4, -0.2) is 24.1 Å². The van der Waals surface area contributed by atoms with Gasteiger partial charge in [-0.05, 0) is 29.9 Å². The number of benzene rings is 1. The molecule has 1 saturated carbocycles. The molecule has 3 nitrogen and oxygen atoms in total. The first kappa shape index (κ1) is 14.1. The van der Waals surface area contributed by atoms with E-state index in [0.29, 0.717) is 32.0 Å². The van der Waals surface area contributed by atoms with Gasteiger partial charge in [-0.15, -0.1) is 0 Å². The highest BCUT2D eigenvalue weighted by atomic mass is 16.7. The fourth-order valence-electron chi connectivity index (χ4n) is 3.31. The molecule has 110 valence electrons. The van der Waals surface area contributed by atoms with Crippen molar-refractivity contribution < 1.29 is 14.6 Å². The van der Waals surface area contributed by atoms with Gasteiger partial charge < -0.3 is 14.6 Å². The van der Waals surface area contributed by atoms with Crippen molar-refractivity contribution in [3.63, 3.8) is 0 Å². The van der Waals surface area contributed by atoms with Crippen LogP contribution >= 0.6 is 0 Å². The summed E-state index contributed by atoms with van der Waals surface area (Å²) in [4.78, 5) is 0. The van der Waals surface area contributed by atoms with Gasteiger partial charge in [0.1, 0.15) is 0 Å². The Hall–Kier alpha value is -0.900. The average molecular weight is 276 g/mol. The van der Waals surface area contributed by atoms with E-state index in [4.69, 9.17) is 9.47 Å². The van der Waals surface area contributed by atoms with Crippen LogP contribution in [0, 0.1) is 0 Å². The monoisotopic (exact) mass is 276 g/mol. The van der Waals surface area contributed by atoms with Gasteiger partial charge in [0.05, 0.1) is 18.8 Å². The smallest absolute Gasteiger partial charge is 0.168 e. The van der Waals surface area contributed by atoms with Crippen LogP contribution in [0.4, 0.5) is 0 Å². The Morgan fingerprint density at radius 1 is 1.05 bits per heavy atom. The molecule has 3 rings (SSSR count). The zero-order valence-corrected chi connectivity index (χ0v) is 12.4. The number of aliphatic hydroxyl groups is 1. The largest absolute Gasteiger partial charge is 0.385 e. The first-order valence-corrected chi connectivity index (χ1v) is 7.64. The second kappa shape index (κ2) is 5.14. The summed E-state index contributed by atoms with van der Waals surface area (Å²) in [5.41, 5.74) is 1.59. The Morgan fingerprint density at radius 3 is 2.30 bits per heavy atom. The van der Waals surface area contributed by atoms with Crippen molar-refractivity contribution in [2.24, 2.45) is 0 Å². The number of hydrogen-bond donors (Lipinski definition) is 1. The summed E-state index contributed by atoms with van der Waals surface area (Å²) in [6, 6.07) is 8.37. The minimum atomic E-state index is -0.731. The lowest BCUT2D eigenvalue weighted by molar-refractivity contribution is -0.204. The molecule has 0 radical (unpaired) electrons. The van der Waals surface area contributed by atoms with Gasteiger partial charge in [-0.25, -0.2) is 0 Å². The Kier molecular flexibility index (Phi) is 3.61. The fraction of sp³-hybridized carbons (Fsp3) is 0.647. The maximum absolute atomic E-state index is 11.0. The van der Waals surface area contributed by atoms with E-state index in [1.54, 1.807) is 0 Å². The molecule has 2 fully saturated rings. The predicted molar refractivity (Wildman–Crippen MR) is 77.5 cm³/mol. The molecule has 0 aromatic heterocycles. The second-order valence-corrected chi connectivity index (χ2v) is 6.42. The zero-order valence-electron chi connectivity index (χ0n) is 12.4. The van der Waals surface area contributed by atoms with Gasteiger partial charge >= 0.3 is 0 Å². The highest BCUT2D eigenvalue weighted by Crippen LogP contribution is 2.45. The molecule has 1 aromatic carbocycles. The summed E-state index contributed by atoms with van der Waals surface area (Å²) < 4.78 is 11.5. The third-order valence-electron chi connectivity index (χ3n) is 4.74. The third kappa shape index (κ3) is 2.50. The van der Waals surface area contributed by atoms with E-state index in [1.807, 2.05) is 6.07 Å². The van der Waals surface area contributed by atoms with Gasteiger partial charge in [-0.3, -0.25) is 0 Å². The third-order valence-corrected chi connectivity index (χ3v) is 4.74. The lowest BCUT2D eigenvalue weighted by Crippen LogP contribution is -2.42. The molecule has 1 spiro atoms. The lowest BCUT2D eigenvalue weighted by atomic mass is 9.76. The van der Waals surface area contributed by atoms with E-state index in [2.05, 4.69) is 32.0 Å². The Balaban J connectivity index is 1.78. The fourth-order valence-corrected chi connectivity index (χ4v) is 3.31. The quantitative estimate of drug-likeness (QED) is 0.900. The van der Waals surface area contributed by atoms with E-state index in [9.17, 15) is 5.11 Å². The predicted octanol–water partition coefficient (Wildman–Crippen LogP) is 3.31. The molecule has 0 atom stereocenters. The topological polar surface area (TPSA) is 38.7 Å². The minimum Gasteiger partial charge on any atom is -0.385 e. The van der Waals surface area contributed by atoms with Gasteiger partial charge in [-0.1, -0.05) is 38.1 Å². The van der Waals surface area contributed by atoms with E-state index >= 15 is 0 Å². The second-order valence-electron chi connectivity index (χ2n) is 6.42. The van der Waals surface area contributed by atoms with Crippen LogP contribution in [0.25, 0.3) is 0 Å². The highest BCUT2D eigenvalue weighted by molar-refractivity contribution is 5.30. The standard InChI is InChI=1S/C17H24O3/c1-13(2)14-4-3-5-15(12-14)16(18)6-8-17(9-7-16)19-10-11-20-17/h3-5,12-13,18H,6-11H2,1-2H3. The number of hydrogen-bond acceptors (Lipinski definition) is 3. The summed E-state index contributed by atoms with van der Waals surface area (Å²) in [6.45, 7) is 5.72. The molecule has 0 unspecified atom stereocenters. The number of ether oxygens (including phenoxy) is 2. The summed E-state index contributed by atoms with van der Waals surface area (Å²) in [7, 11) is 0. The molecule has 3 heteroatoms. The van der Waals surface area contributed by atoms with E-state index < -0.39 is 11.4 Å². The Morgan fingerprint density at radius 2 is 1.70 bits per heavy atom. The molecule has 1 aromatic rings. The summed E-state index contributed by atoms with van der Waals surface area (Å²) >= 11 is 0. The minimum absolute atomic E-state index is 0.415. The Bertz CT molecular complexity index is 465. The van der Waals surface area contributed by atoms with E-state index in [-0.39, 0.29) is 0 Å². The molecule has 1 N–H and O–H groups in total. The molecule has 0 bridgehead atoms. The molecule has 0 amide bonds. The van der Waals surface area contributed by atoms with Crippen molar-refractivity contribution in [3.8, 4) is 0 Å². The van der Waals surface area contributed by atoms with Crippen LogP contribution < -0.4 is 0 Å². The van der Waals surface area contributed by atoms with E-state index in [0.717, 1.165) is 18.4 Å². The van der Waals surface area contributed by atoms with Crippen LogP contribution in [0.2, 0.25) is 0 Å². The van der Waals surface area contributed by atoms with Crippen LogP contribution in [-0.2, 0) is 15.1 Å². The summed E-state index contributed by atoms with van der Waals surface area (Å²) in [6.07, 6.45) is 2.95. The van der Waals surface area contributed by atoms with E-state index in [1.165, 1.54) is 5.56 Å². The van der Waals surface area contributed by atoms with Gasteiger partial charge in [0.2, 0.25) is 0 Å². The van der Waals surface area contributed by atoms with Gasteiger partial charge in [0.25, 0.3) is 0 Å². The van der Waals surface area contributed by atoms with Crippen molar-refractivity contribution in [1.29, 1.82) is 0 Å². The average Bonchev–Trinajstić information content (AvgIpc) is 2.92. The van der Waals surface area contributed by atoms with Crippen molar-refractivity contribution in [2.75, 3.05) is 13.2 Å². The van der Waals surface area contributed by atoms with Crippen molar-refractivity contribution in [2.45, 2.75) is 56.8 Å². The molecule has 1 aliphatic carbocycles. The molecule has 1 aliphatic heterocycles. The van der Waals surface area contributed by atoms with Crippen molar-refractivity contribution in [3.05, 3.63) is 35.4 Å². The molecule has 2 aliphatic rings. The van der Waals surface area contributed by atoms with Crippen molar-refractivity contribution in [1.82, 2.24) is 0 Å². The molecule has 1 heterocycles. The maximum Gasteiger partial charge on any atom is 0.168 e. The molecular formula is C17H24O3. The van der Waals surface area contributed by atoms with Gasteiger partial charge in [-0.2, -0.15) is 0 Å².